The number of rotatable bonds is 6. The maximum atomic E-state index is 10.4. The largest absolute Gasteiger partial charge is 0.481 e. The molecule has 1 N–H and O–H groups in total. The molecule has 14 heavy (non-hydrogen) atoms. The van der Waals surface area contributed by atoms with E-state index in [-0.39, 0.29) is 0 Å². The number of nitrogens with zero attached hydrogens (tertiary/aromatic N) is 1. The van der Waals surface area contributed by atoms with E-state index in [1.165, 1.54) is 19.3 Å². The van der Waals surface area contributed by atoms with E-state index in [1.807, 2.05) is 0 Å². The average Bonchev–Trinajstić information content (AvgIpc) is 1.98. The Balaban J connectivity index is 2.24. The average molecular weight is 199 g/mol. The Labute approximate surface area is 86.1 Å². The summed E-state index contributed by atoms with van der Waals surface area (Å²) in [5, 5.41) is 8.56. The lowest BCUT2D eigenvalue weighted by molar-refractivity contribution is -0.137. The fraction of sp³-hybridized carbons (Fsp3) is 0.909. The Bertz CT molecular complexity index is 188. The van der Waals surface area contributed by atoms with Crippen LogP contribution in [0.1, 0.15) is 38.5 Å². The molecule has 0 spiro atoms. The first-order valence-electron chi connectivity index (χ1n) is 5.49. The monoisotopic (exact) mass is 199 g/mol. The maximum absolute atomic E-state index is 10.4. The molecule has 0 bridgehead atoms. The normalized spacial score (nSPS) is 19.4. The van der Waals surface area contributed by atoms with Crippen molar-refractivity contribution in [1.82, 2.24) is 4.90 Å². The number of hydrogen-bond acceptors (Lipinski definition) is 2. The Morgan fingerprint density at radius 2 is 2.14 bits per heavy atom. The molecule has 1 rings (SSSR count). The molecule has 1 unspecified atom stereocenters. The number of hydrogen-bond donors (Lipinski definition) is 1. The van der Waals surface area contributed by atoms with Crippen molar-refractivity contribution < 1.29 is 9.90 Å². The quantitative estimate of drug-likeness (QED) is 0.711. The summed E-state index contributed by atoms with van der Waals surface area (Å²) < 4.78 is 0. The van der Waals surface area contributed by atoms with Crippen LogP contribution in [0.25, 0.3) is 0 Å². The van der Waals surface area contributed by atoms with Gasteiger partial charge < -0.3 is 10.0 Å². The summed E-state index contributed by atoms with van der Waals surface area (Å²) in [6.07, 6.45) is 6.18. The molecule has 0 aliphatic heterocycles. The van der Waals surface area contributed by atoms with E-state index in [1.54, 1.807) is 0 Å². The standard InChI is InChI=1S/C11H21NO2/c1-12(2)10(9-5-3-6-9)7-4-8-11(13)14/h9-10H,3-8H2,1-2H3,(H,13,14). The third kappa shape index (κ3) is 3.29. The van der Waals surface area contributed by atoms with E-state index in [0.717, 1.165) is 18.8 Å². The number of aliphatic carboxylic acids is 1. The minimum atomic E-state index is -0.670. The van der Waals surface area contributed by atoms with Crippen molar-refractivity contribution >= 4 is 5.97 Å². The second-order valence-electron chi connectivity index (χ2n) is 4.51. The van der Waals surface area contributed by atoms with Crippen LogP contribution in [0.2, 0.25) is 0 Å². The smallest absolute Gasteiger partial charge is 0.303 e. The first-order valence-corrected chi connectivity index (χ1v) is 5.49. The first-order chi connectivity index (χ1) is 6.61. The van der Waals surface area contributed by atoms with Crippen molar-refractivity contribution in [3.8, 4) is 0 Å². The predicted molar refractivity (Wildman–Crippen MR) is 56.3 cm³/mol. The number of carboxylic acid groups (broad SMARTS) is 1. The summed E-state index contributed by atoms with van der Waals surface area (Å²) >= 11 is 0. The topological polar surface area (TPSA) is 40.5 Å². The molecule has 0 aromatic rings. The minimum Gasteiger partial charge on any atom is -0.481 e. The van der Waals surface area contributed by atoms with E-state index < -0.39 is 5.97 Å². The van der Waals surface area contributed by atoms with Gasteiger partial charge in [0.2, 0.25) is 0 Å². The SMILES string of the molecule is CN(C)C(CCCC(=O)O)C1CCC1. The molecular weight excluding hydrogens is 178 g/mol. The Hall–Kier alpha value is -0.570. The number of carboxylic acids is 1. The van der Waals surface area contributed by atoms with Crippen LogP contribution in [0.15, 0.2) is 0 Å². The van der Waals surface area contributed by atoms with E-state index in [9.17, 15) is 4.79 Å². The molecule has 0 aromatic heterocycles. The van der Waals surface area contributed by atoms with Gasteiger partial charge in [-0.25, -0.2) is 0 Å². The van der Waals surface area contributed by atoms with Crippen LogP contribution in [0.5, 0.6) is 0 Å². The summed E-state index contributed by atoms with van der Waals surface area (Å²) in [4.78, 5) is 12.6. The van der Waals surface area contributed by atoms with Crippen LogP contribution in [0, 0.1) is 5.92 Å². The molecular formula is C11H21NO2. The maximum Gasteiger partial charge on any atom is 0.303 e. The predicted octanol–water partition coefficient (Wildman–Crippen LogP) is 1.97. The summed E-state index contributed by atoms with van der Waals surface area (Å²) in [7, 11) is 4.20. The Morgan fingerprint density at radius 1 is 1.50 bits per heavy atom. The van der Waals surface area contributed by atoms with Gasteiger partial charge in [0.15, 0.2) is 0 Å². The van der Waals surface area contributed by atoms with E-state index >= 15 is 0 Å². The van der Waals surface area contributed by atoms with Gasteiger partial charge in [0.25, 0.3) is 0 Å². The van der Waals surface area contributed by atoms with E-state index in [2.05, 4.69) is 19.0 Å². The number of carbonyl (C=O) groups is 1. The lowest BCUT2D eigenvalue weighted by Gasteiger charge is -2.38. The van der Waals surface area contributed by atoms with Crippen molar-refractivity contribution in [3.63, 3.8) is 0 Å². The van der Waals surface area contributed by atoms with Crippen LogP contribution < -0.4 is 0 Å². The molecule has 0 heterocycles. The van der Waals surface area contributed by atoms with Crippen LogP contribution >= 0.6 is 0 Å². The van der Waals surface area contributed by atoms with Gasteiger partial charge in [-0.2, -0.15) is 0 Å². The Morgan fingerprint density at radius 3 is 2.50 bits per heavy atom. The third-order valence-electron chi connectivity index (χ3n) is 3.25. The zero-order valence-electron chi connectivity index (χ0n) is 9.20. The van der Waals surface area contributed by atoms with Crippen molar-refractivity contribution in [1.29, 1.82) is 0 Å². The molecule has 3 heteroatoms. The summed E-state index contributed by atoms with van der Waals surface area (Å²) in [6, 6.07) is 0.600. The van der Waals surface area contributed by atoms with Crippen LogP contribution in [-0.4, -0.2) is 36.1 Å². The third-order valence-corrected chi connectivity index (χ3v) is 3.25. The lowest BCUT2D eigenvalue weighted by atomic mass is 9.77. The van der Waals surface area contributed by atoms with Crippen molar-refractivity contribution in [2.75, 3.05) is 14.1 Å². The van der Waals surface area contributed by atoms with Gasteiger partial charge in [0.1, 0.15) is 0 Å². The minimum absolute atomic E-state index is 0.317. The molecule has 0 saturated heterocycles. The molecule has 82 valence electrons. The highest BCUT2D eigenvalue weighted by Crippen LogP contribution is 2.33. The first kappa shape index (κ1) is 11.5. The van der Waals surface area contributed by atoms with E-state index in [4.69, 9.17) is 5.11 Å². The van der Waals surface area contributed by atoms with Gasteiger partial charge in [-0.1, -0.05) is 6.42 Å². The van der Waals surface area contributed by atoms with Gasteiger partial charge in [0.05, 0.1) is 0 Å². The molecule has 0 radical (unpaired) electrons. The van der Waals surface area contributed by atoms with Crippen molar-refractivity contribution in [3.05, 3.63) is 0 Å². The van der Waals surface area contributed by atoms with Gasteiger partial charge in [-0.3, -0.25) is 4.79 Å². The van der Waals surface area contributed by atoms with Gasteiger partial charge in [-0.15, -0.1) is 0 Å². The summed E-state index contributed by atoms with van der Waals surface area (Å²) in [6.45, 7) is 0. The van der Waals surface area contributed by atoms with Crippen molar-refractivity contribution in [2.24, 2.45) is 5.92 Å². The van der Waals surface area contributed by atoms with Crippen molar-refractivity contribution in [2.45, 2.75) is 44.6 Å². The highest BCUT2D eigenvalue weighted by molar-refractivity contribution is 5.66. The summed E-state index contributed by atoms with van der Waals surface area (Å²) in [5.74, 6) is 0.148. The van der Waals surface area contributed by atoms with Gasteiger partial charge in [-0.05, 0) is 45.7 Å². The lowest BCUT2D eigenvalue weighted by Crippen LogP contribution is -2.38. The molecule has 1 aliphatic rings. The fourth-order valence-corrected chi connectivity index (χ4v) is 2.20. The van der Waals surface area contributed by atoms with Crippen LogP contribution in [0.4, 0.5) is 0 Å². The second-order valence-corrected chi connectivity index (χ2v) is 4.51. The second kappa shape index (κ2) is 5.35. The zero-order chi connectivity index (χ0) is 10.6. The molecule has 1 aliphatic carbocycles. The van der Waals surface area contributed by atoms with Crippen LogP contribution in [0.3, 0.4) is 0 Å². The molecule has 1 fully saturated rings. The zero-order valence-corrected chi connectivity index (χ0v) is 9.20. The highest BCUT2D eigenvalue weighted by Gasteiger charge is 2.28. The van der Waals surface area contributed by atoms with E-state index in [0.29, 0.717) is 12.5 Å². The molecule has 1 saturated carbocycles. The van der Waals surface area contributed by atoms with Crippen LogP contribution in [-0.2, 0) is 4.79 Å². The fourth-order valence-electron chi connectivity index (χ4n) is 2.20. The Kier molecular flexibility index (Phi) is 4.39. The molecule has 0 aromatic carbocycles. The molecule has 0 amide bonds. The van der Waals surface area contributed by atoms with Gasteiger partial charge >= 0.3 is 5.97 Å². The summed E-state index contributed by atoms with van der Waals surface area (Å²) in [5.41, 5.74) is 0. The van der Waals surface area contributed by atoms with Gasteiger partial charge in [0, 0.05) is 12.5 Å². The molecule has 1 atom stereocenters. The highest BCUT2D eigenvalue weighted by atomic mass is 16.4. The molecule has 3 nitrogen and oxygen atoms in total.